The van der Waals surface area contributed by atoms with Gasteiger partial charge in [0.15, 0.2) is 11.4 Å². The number of hydrogen-bond acceptors (Lipinski definition) is 4. The molecule has 0 aliphatic rings. The molecule has 24 heavy (non-hydrogen) atoms. The monoisotopic (exact) mass is 336 g/mol. The van der Waals surface area contributed by atoms with Gasteiger partial charge in [-0.2, -0.15) is 23.4 Å². The predicted octanol–water partition coefficient (Wildman–Crippen LogP) is 2.36. The molecule has 0 saturated carbocycles. The van der Waals surface area contributed by atoms with Crippen molar-refractivity contribution in [1.29, 1.82) is 0 Å². The first-order valence-corrected chi connectivity index (χ1v) is 6.82. The van der Waals surface area contributed by atoms with Crippen molar-refractivity contribution < 1.29 is 18.3 Å². The van der Waals surface area contributed by atoms with Crippen LogP contribution in [0.2, 0.25) is 0 Å². The predicted molar refractivity (Wildman–Crippen MR) is 78.8 cm³/mol. The van der Waals surface area contributed by atoms with Crippen molar-refractivity contribution in [2.75, 3.05) is 0 Å². The fourth-order valence-corrected chi connectivity index (χ4v) is 2.21. The Balaban J connectivity index is 2.14. The number of aromatic nitrogens is 4. The fourth-order valence-electron chi connectivity index (χ4n) is 2.21. The Hall–Kier alpha value is -3.10. The van der Waals surface area contributed by atoms with E-state index in [-0.39, 0.29) is 11.4 Å². The Morgan fingerprint density at radius 2 is 1.83 bits per heavy atom. The van der Waals surface area contributed by atoms with Crippen LogP contribution in [0.1, 0.15) is 0 Å². The molecule has 9 heteroatoms. The molecule has 1 N–H and O–H groups in total. The summed E-state index contributed by atoms with van der Waals surface area (Å²) in [6.45, 7) is -1.42. The van der Waals surface area contributed by atoms with E-state index in [0.29, 0.717) is 16.6 Å². The molecule has 6 nitrogen and oxygen atoms in total. The zero-order chi connectivity index (χ0) is 17.3. The van der Waals surface area contributed by atoms with E-state index in [1.807, 2.05) is 0 Å². The number of rotatable bonds is 3. The average Bonchev–Trinajstić information content (AvgIpc) is 2.99. The highest BCUT2D eigenvalue weighted by molar-refractivity contribution is 5.58. The molecule has 0 saturated heterocycles. The van der Waals surface area contributed by atoms with Crippen LogP contribution in [-0.4, -0.2) is 30.8 Å². The van der Waals surface area contributed by atoms with E-state index in [4.69, 9.17) is 0 Å². The van der Waals surface area contributed by atoms with E-state index in [1.54, 1.807) is 30.3 Å². The molecule has 0 bridgehead atoms. The second-order valence-corrected chi connectivity index (χ2v) is 4.97. The lowest BCUT2D eigenvalue weighted by Crippen LogP contribution is -2.23. The normalized spacial score (nSPS) is 11.6. The minimum Gasteiger partial charge on any atom is -0.503 e. The molecule has 0 fully saturated rings. The van der Waals surface area contributed by atoms with Gasteiger partial charge in [-0.3, -0.25) is 9.48 Å². The van der Waals surface area contributed by atoms with Crippen LogP contribution in [0, 0.1) is 0 Å². The highest BCUT2D eigenvalue weighted by Gasteiger charge is 2.29. The van der Waals surface area contributed by atoms with Gasteiger partial charge in [0, 0.05) is 0 Å². The van der Waals surface area contributed by atoms with Gasteiger partial charge in [0.25, 0.3) is 5.43 Å². The van der Waals surface area contributed by atoms with Crippen molar-refractivity contribution in [3.8, 4) is 22.8 Å². The first-order chi connectivity index (χ1) is 11.3. The summed E-state index contributed by atoms with van der Waals surface area (Å²) in [5.41, 5.74) is -0.408. The molecule has 0 unspecified atom stereocenters. The average molecular weight is 336 g/mol. The van der Waals surface area contributed by atoms with E-state index in [1.165, 1.54) is 16.9 Å². The lowest BCUT2D eigenvalue weighted by atomic mass is 10.2. The second-order valence-electron chi connectivity index (χ2n) is 4.97. The van der Waals surface area contributed by atoms with Crippen molar-refractivity contribution in [3.05, 3.63) is 59.0 Å². The van der Waals surface area contributed by atoms with E-state index in [2.05, 4.69) is 10.2 Å². The van der Waals surface area contributed by atoms with Gasteiger partial charge in [-0.25, -0.2) is 4.68 Å². The third-order valence-electron chi connectivity index (χ3n) is 3.17. The summed E-state index contributed by atoms with van der Waals surface area (Å²) in [6.07, 6.45) is -2.49. The standard InChI is InChI=1S/C15H11F3N4O2/c16-15(17,18)9-21-8-12(23)14(24)13(20-21)11-6-7-19-22(11)10-4-2-1-3-5-10/h1-8,23H,9H2. The van der Waals surface area contributed by atoms with Crippen LogP contribution in [0.3, 0.4) is 0 Å². The van der Waals surface area contributed by atoms with Gasteiger partial charge in [0.1, 0.15) is 6.54 Å². The third-order valence-corrected chi connectivity index (χ3v) is 3.17. The van der Waals surface area contributed by atoms with Crippen LogP contribution in [-0.2, 0) is 6.54 Å². The summed E-state index contributed by atoms with van der Waals surface area (Å²) in [5.74, 6) is -0.815. The molecule has 1 aromatic carbocycles. The summed E-state index contributed by atoms with van der Waals surface area (Å²) in [4.78, 5) is 12.1. The van der Waals surface area contributed by atoms with Crippen molar-refractivity contribution >= 4 is 0 Å². The zero-order valence-electron chi connectivity index (χ0n) is 12.1. The molecule has 0 radical (unpaired) electrons. The van der Waals surface area contributed by atoms with Gasteiger partial charge in [0.2, 0.25) is 0 Å². The number of alkyl halides is 3. The highest BCUT2D eigenvalue weighted by atomic mass is 19.4. The lowest BCUT2D eigenvalue weighted by Gasteiger charge is -2.12. The first kappa shape index (κ1) is 15.8. The van der Waals surface area contributed by atoms with Gasteiger partial charge in [-0.05, 0) is 18.2 Å². The van der Waals surface area contributed by atoms with Crippen LogP contribution in [0.4, 0.5) is 13.2 Å². The Kier molecular flexibility index (Phi) is 3.84. The Bertz CT molecular complexity index is 916. The number of halogens is 3. The molecule has 0 aliphatic carbocycles. The minimum absolute atomic E-state index is 0.179. The van der Waals surface area contributed by atoms with Crippen molar-refractivity contribution in [2.24, 2.45) is 0 Å². The van der Waals surface area contributed by atoms with Crippen LogP contribution in [0.25, 0.3) is 17.1 Å². The van der Waals surface area contributed by atoms with Gasteiger partial charge in [0.05, 0.1) is 23.8 Å². The van der Waals surface area contributed by atoms with Crippen LogP contribution < -0.4 is 5.43 Å². The Labute approximate surface area is 133 Å². The maximum absolute atomic E-state index is 12.6. The van der Waals surface area contributed by atoms with E-state index >= 15 is 0 Å². The highest BCUT2D eigenvalue weighted by Crippen LogP contribution is 2.21. The molecule has 0 amide bonds. The molecule has 2 heterocycles. The quantitative estimate of drug-likeness (QED) is 0.797. The molecular formula is C15H11F3N4O2. The number of aromatic hydroxyl groups is 1. The number of benzene rings is 1. The Morgan fingerprint density at radius 1 is 1.12 bits per heavy atom. The summed E-state index contributed by atoms with van der Waals surface area (Å²) >= 11 is 0. The van der Waals surface area contributed by atoms with Crippen molar-refractivity contribution in [3.63, 3.8) is 0 Å². The van der Waals surface area contributed by atoms with E-state index in [9.17, 15) is 23.1 Å². The summed E-state index contributed by atoms with van der Waals surface area (Å²) in [5, 5.41) is 17.4. The zero-order valence-corrected chi connectivity index (χ0v) is 12.1. The Morgan fingerprint density at radius 3 is 2.50 bits per heavy atom. The second kappa shape index (κ2) is 5.84. The fraction of sp³-hybridized carbons (Fsp3) is 0.133. The molecule has 0 atom stereocenters. The molecule has 124 valence electrons. The van der Waals surface area contributed by atoms with Gasteiger partial charge < -0.3 is 5.11 Å². The first-order valence-electron chi connectivity index (χ1n) is 6.82. The summed E-state index contributed by atoms with van der Waals surface area (Å²) in [6, 6.07) is 10.2. The summed E-state index contributed by atoms with van der Waals surface area (Å²) in [7, 11) is 0. The van der Waals surface area contributed by atoms with E-state index < -0.39 is 23.9 Å². The number of nitrogens with zero attached hydrogens (tertiary/aromatic N) is 4. The minimum atomic E-state index is -4.54. The number of hydrogen-bond donors (Lipinski definition) is 1. The summed E-state index contributed by atoms with van der Waals surface area (Å²) < 4.78 is 39.5. The third kappa shape index (κ3) is 3.14. The molecule has 3 aromatic rings. The van der Waals surface area contributed by atoms with Crippen molar-refractivity contribution in [2.45, 2.75) is 12.7 Å². The smallest absolute Gasteiger partial charge is 0.408 e. The molecule has 0 spiro atoms. The maximum atomic E-state index is 12.6. The van der Waals surface area contributed by atoms with Gasteiger partial charge >= 0.3 is 6.18 Å². The lowest BCUT2D eigenvalue weighted by molar-refractivity contribution is -0.142. The SMILES string of the molecule is O=c1c(O)cn(CC(F)(F)F)nc1-c1ccnn1-c1ccccc1. The van der Waals surface area contributed by atoms with Gasteiger partial charge in [-0.1, -0.05) is 18.2 Å². The topological polar surface area (TPSA) is 72.9 Å². The van der Waals surface area contributed by atoms with Crippen LogP contribution >= 0.6 is 0 Å². The molecule has 0 aliphatic heterocycles. The molecular weight excluding hydrogens is 325 g/mol. The molecule has 2 aromatic heterocycles. The van der Waals surface area contributed by atoms with Crippen LogP contribution in [0.15, 0.2) is 53.6 Å². The number of para-hydroxylation sites is 1. The van der Waals surface area contributed by atoms with Crippen molar-refractivity contribution in [1.82, 2.24) is 19.6 Å². The van der Waals surface area contributed by atoms with Gasteiger partial charge in [-0.15, -0.1) is 0 Å². The maximum Gasteiger partial charge on any atom is 0.408 e. The van der Waals surface area contributed by atoms with E-state index in [0.717, 1.165) is 0 Å². The largest absolute Gasteiger partial charge is 0.503 e. The molecule has 3 rings (SSSR count). The van der Waals surface area contributed by atoms with Crippen LogP contribution in [0.5, 0.6) is 5.75 Å².